The van der Waals surface area contributed by atoms with Crippen molar-refractivity contribution >= 4 is 44.8 Å². The van der Waals surface area contributed by atoms with Gasteiger partial charge in [0.25, 0.3) is 0 Å². The Morgan fingerprint density at radius 2 is 1.66 bits per heavy atom. The molecule has 0 bridgehead atoms. The second-order valence-corrected chi connectivity index (χ2v) is 11.5. The molecule has 196 valence electrons. The first-order valence-electron chi connectivity index (χ1n) is 12.8. The molecule has 5 rings (SSSR count). The Labute approximate surface area is 229 Å². The number of hydrogen-bond acceptors (Lipinski definition) is 9. The van der Waals surface area contributed by atoms with Gasteiger partial charge in [0.05, 0.1) is 12.8 Å². The molecule has 0 spiro atoms. The fourth-order valence-corrected chi connectivity index (χ4v) is 6.48. The molecule has 3 heterocycles. The second kappa shape index (κ2) is 12.3. The number of amides is 2. The molecule has 38 heavy (non-hydrogen) atoms. The SMILES string of the molecule is CCC1=CC(CC(=O)Nc2nnc(C3CCC(c4nnc(NC(=O)Cc5cccnc5)s4)C3)s2)=CC=CC1. The van der Waals surface area contributed by atoms with Crippen LogP contribution in [0, 0.1) is 0 Å². The van der Waals surface area contributed by atoms with Gasteiger partial charge in [0.15, 0.2) is 0 Å². The van der Waals surface area contributed by atoms with E-state index >= 15 is 0 Å². The monoisotopic (exact) mass is 547 g/mol. The molecule has 2 N–H and O–H groups in total. The van der Waals surface area contributed by atoms with E-state index in [0.717, 1.165) is 53.3 Å². The van der Waals surface area contributed by atoms with Crippen molar-refractivity contribution in [3.05, 3.63) is 75.6 Å². The number of anilines is 2. The summed E-state index contributed by atoms with van der Waals surface area (Å²) >= 11 is 2.87. The fraction of sp³-hybridized carbons (Fsp3) is 0.370. The number of hydrogen-bond donors (Lipinski definition) is 2. The standard InChI is InChI=1S/C27H29N7O2S2/c1-2-17-6-3-4-7-18(12-17)13-22(35)29-26-33-31-24(37-26)20-9-10-21(15-20)25-32-34-27(38-25)30-23(36)14-19-8-5-11-28-16-19/h3-5,7-8,11-12,16,20-21H,2,6,9-10,13-15H2,1H3,(H,29,33,35)(H,30,34,36). The Bertz CT molecular complexity index is 1380. The first-order valence-corrected chi connectivity index (χ1v) is 14.4. The highest BCUT2D eigenvalue weighted by Gasteiger charge is 2.32. The molecule has 3 aromatic rings. The Morgan fingerprint density at radius 3 is 2.29 bits per heavy atom. The van der Waals surface area contributed by atoms with Crippen LogP contribution in [0.3, 0.4) is 0 Å². The number of pyridine rings is 1. The van der Waals surface area contributed by atoms with E-state index in [9.17, 15) is 9.59 Å². The van der Waals surface area contributed by atoms with E-state index in [4.69, 9.17) is 0 Å². The number of nitrogens with zero attached hydrogens (tertiary/aromatic N) is 5. The van der Waals surface area contributed by atoms with Crippen LogP contribution >= 0.6 is 22.7 Å². The molecule has 0 aliphatic heterocycles. The van der Waals surface area contributed by atoms with E-state index in [-0.39, 0.29) is 30.1 Å². The summed E-state index contributed by atoms with van der Waals surface area (Å²) in [5, 5.41) is 25.8. The topological polar surface area (TPSA) is 123 Å². The van der Waals surface area contributed by atoms with Crippen molar-refractivity contribution in [1.82, 2.24) is 25.4 Å². The van der Waals surface area contributed by atoms with Crippen molar-refractivity contribution in [2.24, 2.45) is 0 Å². The third-order valence-corrected chi connectivity index (χ3v) is 8.63. The average molecular weight is 548 g/mol. The molecule has 2 aliphatic rings. The van der Waals surface area contributed by atoms with Gasteiger partial charge in [-0.15, -0.1) is 20.4 Å². The normalized spacial score (nSPS) is 19.0. The summed E-state index contributed by atoms with van der Waals surface area (Å²) in [7, 11) is 0. The molecule has 2 atom stereocenters. The number of allylic oxidation sites excluding steroid dienone is 5. The average Bonchev–Trinajstić information content (AvgIpc) is 3.64. The maximum Gasteiger partial charge on any atom is 0.230 e. The third kappa shape index (κ3) is 6.84. The van der Waals surface area contributed by atoms with Gasteiger partial charge in [-0.25, -0.2) is 0 Å². The minimum absolute atomic E-state index is 0.0859. The van der Waals surface area contributed by atoms with Crippen LogP contribution in [0.5, 0.6) is 0 Å². The third-order valence-electron chi connectivity index (χ3n) is 6.63. The van der Waals surface area contributed by atoms with Crippen LogP contribution in [0.2, 0.25) is 0 Å². The number of carbonyl (C=O) groups is 2. The Kier molecular flexibility index (Phi) is 8.44. The Morgan fingerprint density at radius 1 is 0.974 bits per heavy atom. The lowest BCUT2D eigenvalue weighted by Crippen LogP contribution is -2.14. The lowest BCUT2D eigenvalue weighted by Gasteiger charge is -2.05. The van der Waals surface area contributed by atoms with Crippen LogP contribution in [-0.4, -0.2) is 37.2 Å². The number of nitrogens with one attached hydrogen (secondary N) is 2. The van der Waals surface area contributed by atoms with Crippen LogP contribution < -0.4 is 10.6 Å². The van der Waals surface area contributed by atoms with E-state index in [0.29, 0.717) is 16.7 Å². The van der Waals surface area contributed by atoms with Crippen LogP contribution in [-0.2, 0) is 16.0 Å². The zero-order valence-corrected chi connectivity index (χ0v) is 22.7. The molecule has 2 amide bonds. The summed E-state index contributed by atoms with van der Waals surface area (Å²) in [6.07, 6.45) is 16.9. The van der Waals surface area contributed by atoms with Crippen LogP contribution in [0.1, 0.15) is 72.9 Å². The van der Waals surface area contributed by atoms with Gasteiger partial charge in [0.1, 0.15) is 10.0 Å². The predicted molar refractivity (Wildman–Crippen MR) is 149 cm³/mol. The van der Waals surface area contributed by atoms with E-state index in [1.165, 1.54) is 28.2 Å². The summed E-state index contributed by atoms with van der Waals surface area (Å²) in [6, 6.07) is 3.68. The summed E-state index contributed by atoms with van der Waals surface area (Å²) in [5.74, 6) is 0.304. The van der Waals surface area contributed by atoms with Crippen molar-refractivity contribution in [2.75, 3.05) is 10.6 Å². The Hall–Kier alpha value is -3.57. The van der Waals surface area contributed by atoms with Crippen molar-refractivity contribution < 1.29 is 9.59 Å². The van der Waals surface area contributed by atoms with Crippen molar-refractivity contribution in [2.45, 2.75) is 63.7 Å². The molecule has 2 unspecified atom stereocenters. The summed E-state index contributed by atoms with van der Waals surface area (Å²) in [5.41, 5.74) is 3.17. The molecule has 11 heteroatoms. The van der Waals surface area contributed by atoms with Gasteiger partial charge < -0.3 is 10.6 Å². The second-order valence-electron chi connectivity index (χ2n) is 9.44. The predicted octanol–water partition coefficient (Wildman–Crippen LogP) is 5.57. The highest BCUT2D eigenvalue weighted by molar-refractivity contribution is 7.15. The smallest absolute Gasteiger partial charge is 0.230 e. The van der Waals surface area contributed by atoms with E-state index in [2.05, 4.69) is 55.1 Å². The molecule has 0 aromatic carbocycles. The zero-order valence-electron chi connectivity index (χ0n) is 21.1. The fourth-order valence-electron chi connectivity index (χ4n) is 4.67. The van der Waals surface area contributed by atoms with Gasteiger partial charge in [-0.05, 0) is 49.3 Å². The van der Waals surface area contributed by atoms with Gasteiger partial charge in [0, 0.05) is 24.2 Å². The van der Waals surface area contributed by atoms with Crippen molar-refractivity contribution in [3.8, 4) is 0 Å². The molecule has 9 nitrogen and oxygen atoms in total. The first-order chi connectivity index (χ1) is 18.6. The molecule has 1 fully saturated rings. The van der Waals surface area contributed by atoms with Gasteiger partial charge >= 0.3 is 0 Å². The number of carbonyl (C=O) groups excluding carboxylic acids is 2. The largest absolute Gasteiger partial charge is 0.300 e. The molecule has 0 saturated heterocycles. The Balaban J connectivity index is 1.12. The molecular weight excluding hydrogens is 518 g/mol. The van der Waals surface area contributed by atoms with E-state index < -0.39 is 0 Å². The number of rotatable bonds is 9. The minimum atomic E-state index is -0.137. The molecule has 3 aromatic heterocycles. The zero-order chi connectivity index (χ0) is 26.3. The summed E-state index contributed by atoms with van der Waals surface area (Å²) in [6.45, 7) is 2.13. The van der Waals surface area contributed by atoms with Gasteiger partial charge in [-0.1, -0.05) is 65.5 Å². The molecule has 0 radical (unpaired) electrons. The van der Waals surface area contributed by atoms with Gasteiger partial charge in [0.2, 0.25) is 22.1 Å². The lowest BCUT2D eigenvalue weighted by molar-refractivity contribution is -0.116. The van der Waals surface area contributed by atoms with Gasteiger partial charge in [-0.3, -0.25) is 14.6 Å². The van der Waals surface area contributed by atoms with E-state index in [1.807, 2.05) is 24.3 Å². The maximum absolute atomic E-state index is 12.6. The lowest BCUT2D eigenvalue weighted by atomic mass is 10.1. The molecule has 1 saturated carbocycles. The molecule has 2 aliphatic carbocycles. The summed E-state index contributed by atoms with van der Waals surface area (Å²) in [4.78, 5) is 29.0. The van der Waals surface area contributed by atoms with Gasteiger partial charge in [-0.2, -0.15) is 0 Å². The van der Waals surface area contributed by atoms with Crippen LogP contribution in [0.4, 0.5) is 10.3 Å². The van der Waals surface area contributed by atoms with Crippen LogP contribution in [0.25, 0.3) is 0 Å². The molecular formula is C27H29N7O2S2. The van der Waals surface area contributed by atoms with Crippen molar-refractivity contribution in [1.29, 1.82) is 0 Å². The number of aromatic nitrogens is 5. The first kappa shape index (κ1) is 26.1. The van der Waals surface area contributed by atoms with Crippen molar-refractivity contribution in [3.63, 3.8) is 0 Å². The highest BCUT2D eigenvalue weighted by Crippen LogP contribution is 2.45. The van der Waals surface area contributed by atoms with Crippen LogP contribution in [0.15, 0.2) is 60.0 Å². The maximum atomic E-state index is 12.6. The quantitative estimate of drug-likeness (QED) is 0.359. The summed E-state index contributed by atoms with van der Waals surface area (Å²) < 4.78 is 0. The highest BCUT2D eigenvalue weighted by atomic mass is 32.1. The minimum Gasteiger partial charge on any atom is -0.300 e. The van der Waals surface area contributed by atoms with E-state index in [1.54, 1.807) is 12.4 Å².